The second-order valence-corrected chi connectivity index (χ2v) is 12.8. The van der Waals surface area contributed by atoms with Gasteiger partial charge in [-0.25, -0.2) is 15.0 Å². The molecule has 0 spiro atoms. The lowest BCUT2D eigenvalue weighted by molar-refractivity contribution is 0.661. The third-order valence-electron chi connectivity index (χ3n) is 9.74. The van der Waals surface area contributed by atoms with Crippen molar-refractivity contribution in [2.24, 2.45) is 0 Å². The molecule has 9 rings (SSSR count). The summed E-state index contributed by atoms with van der Waals surface area (Å²) in [5, 5.41) is 4.83. The van der Waals surface area contributed by atoms with Gasteiger partial charge in [0.25, 0.3) is 0 Å². The number of aromatic nitrogens is 3. The smallest absolute Gasteiger partial charge is 0.164 e. The van der Waals surface area contributed by atoms with Gasteiger partial charge in [0.2, 0.25) is 0 Å². The molecule has 1 aliphatic carbocycles. The summed E-state index contributed by atoms with van der Waals surface area (Å²) >= 11 is 0. The molecule has 0 radical (unpaired) electrons. The molecule has 7 aromatic carbocycles. The molecule has 0 saturated heterocycles. The number of hydrogen-bond acceptors (Lipinski definition) is 3. The van der Waals surface area contributed by atoms with E-state index in [4.69, 9.17) is 15.0 Å². The number of fused-ring (bicyclic) bond motifs is 6. The van der Waals surface area contributed by atoms with E-state index < -0.39 is 0 Å². The summed E-state index contributed by atoms with van der Waals surface area (Å²) < 4.78 is 0. The lowest BCUT2D eigenvalue weighted by Crippen LogP contribution is -2.14. The van der Waals surface area contributed by atoms with Crippen LogP contribution < -0.4 is 0 Å². The molecule has 0 unspecified atom stereocenters. The van der Waals surface area contributed by atoms with Gasteiger partial charge >= 0.3 is 0 Å². The monoisotopic (exact) mass is 601 g/mol. The van der Waals surface area contributed by atoms with Gasteiger partial charge in [-0.3, -0.25) is 0 Å². The van der Waals surface area contributed by atoms with Gasteiger partial charge in [0.15, 0.2) is 17.5 Å². The summed E-state index contributed by atoms with van der Waals surface area (Å²) in [5.41, 5.74) is 10.8. The average Bonchev–Trinajstić information content (AvgIpc) is 3.37. The summed E-state index contributed by atoms with van der Waals surface area (Å²) in [4.78, 5) is 15.0. The highest BCUT2D eigenvalue weighted by atomic mass is 15.0. The van der Waals surface area contributed by atoms with Gasteiger partial charge in [-0.15, -0.1) is 0 Å². The van der Waals surface area contributed by atoms with Gasteiger partial charge in [0.1, 0.15) is 0 Å². The third-order valence-corrected chi connectivity index (χ3v) is 9.74. The Morgan fingerprint density at radius 3 is 1.66 bits per heavy atom. The molecule has 0 fully saturated rings. The van der Waals surface area contributed by atoms with Crippen molar-refractivity contribution in [2.75, 3.05) is 0 Å². The maximum Gasteiger partial charge on any atom is 0.164 e. The Kier molecular flexibility index (Phi) is 6.16. The molecule has 8 aromatic rings. The summed E-state index contributed by atoms with van der Waals surface area (Å²) in [7, 11) is 0. The van der Waals surface area contributed by atoms with Crippen LogP contribution in [0, 0.1) is 0 Å². The molecule has 1 heterocycles. The molecule has 0 bridgehead atoms. The van der Waals surface area contributed by atoms with Gasteiger partial charge < -0.3 is 0 Å². The Balaban J connectivity index is 1.21. The van der Waals surface area contributed by atoms with Gasteiger partial charge in [-0.2, -0.15) is 0 Å². The van der Waals surface area contributed by atoms with Crippen LogP contribution in [0.3, 0.4) is 0 Å². The average molecular weight is 602 g/mol. The molecular formula is C44H31N3. The fourth-order valence-electron chi connectivity index (χ4n) is 7.37. The normalized spacial score (nSPS) is 13.1. The quantitative estimate of drug-likeness (QED) is 0.201. The first-order valence-electron chi connectivity index (χ1n) is 16.1. The van der Waals surface area contributed by atoms with E-state index in [0.29, 0.717) is 17.5 Å². The highest BCUT2D eigenvalue weighted by Crippen LogP contribution is 2.51. The summed E-state index contributed by atoms with van der Waals surface area (Å²) in [6, 6.07) is 53.7. The van der Waals surface area contributed by atoms with E-state index in [2.05, 4.69) is 105 Å². The van der Waals surface area contributed by atoms with Gasteiger partial charge in [0, 0.05) is 22.1 Å². The highest BCUT2D eigenvalue weighted by molar-refractivity contribution is 6.07. The fourth-order valence-corrected chi connectivity index (χ4v) is 7.37. The minimum absolute atomic E-state index is 0.0133. The molecule has 1 aromatic heterocycles. The zero-order chi connectivity index (χ0) is 31.5. The standard InChI is InChI=1S/C44H31N3/c1-44(2)38-20-12-11-19-37(38)40-33-23-21-30(27-31(33)22-26-39(40)44)32-24-25-36(35-18-10-9-17-34(32)35)43-46-41(28-13-5-3-6-14-28)45-42(47-43)29-15-7-4-8-16-29/h3-27H,1-2H3. The second kappa shape index (κ2) is 10.6. The molecule has 1 aliphatic rings. The van der Waals surface area contributed by atoms with Crippen molar-refractivity contribution in [1.82, 2.24) is 15.0 Å². The zero-order valence-electron chi connectivity index (χ0n) is 26.3. The summed E-state index contributed by atoms with van der Waals surface area (Å²) in [5.74, 6) is 1.99. The van der Waals surface area contributed by atoms with E-state index in [-0.39, 0.29) is 5.41 Å². The Bertz CT molecular complexity index is 2420. The molecule has 0 aliphatic heterocycles. The van der Waals surface area contributed by atoms with E-state index in [1.54, 1.807) is 0 Å². The first-order valence-corrected chi connectivity index (χ1v) is 16.1. The van der Waals surface area contributed by atoms with Crippen LogP contribution in [0.2, 0.25) is 0 Å². The first-order chi connectivity index (χ1) is 23.1. The Morgan fingerprint density at radius 1 is 0.383 bits per heavy atom. The fraction of sp³-hybridized carbons (Fsp3) is 0.0682. The van der Waals surface area contributed by atoms with Crippen LogP contribution in [0.15, 0.2) is 152 Å². The molecule has 47 heavy (non-hydrogen) atoms. The van der Waals surface area contributed by atoms with Crippen LogP contribution in [0.1, 0.15) is 25.0 Å². The first kappa shape index (κ1) is 27.4. The molecule has 3 heteroatoms. The lowest BCUT2D eigenvalue weighted by Gasteiger charge is -2.21. The van der Waals surface area contributed by atoms with Crippen LogP contribution in [0.5, 0.6) is 0 Å². The van der Waals surface area contributed by atoms with Crippen molar-refractivity contribution in [3.63, 3.8) is 0 Å². The predicted molar refractivity (Wildman–Crippen MR) is 194 cm³/mol. The number of hydrogen-bond donors (Lipinski definition) is 0. The Labute approximate surface area is 274 Å². The minimum Gasteiger partial charge on any atom is -0.208 e. The van der Waals surface area contributed by atoms with Crippen LogP contribution in [-0.2, 0) is 5.41 Å². The van der Waals surface area contributed by atoms with Crippen LogP contribution in [0.25, 0.3) is 78.0 Å². The van der Waals surface area contributed by atoms with Gasteiger partial charge in [0.05, 0.1) is 0 Å². The van der Waals surface area contributed by atoms with Crippen molar-refractivity contribution in [2.45, 2.75) is 19.3 Å². The largest absolute Gasteiger partial charge is 0.208 e. The number of benzene rings is 7. The van der Waals surface area contributed by atoms with Crippen LogP contribution >= 0.6 is 0 Å². The number of rotatable bonds is 4. The molecule has 0 amide bonds. The van der Waals surface area contributed by atoms with E-state index in [9.17, 15) is 0 Å². The summed E-state index contributed by atoms with van der Waals surface area (Å²) in [6.45, 7) is 4.67. The van der Waals surface area contributed by atoms with Crippen molar-refractivity contribution < 1.29 is 0 Å². The van der Waals surface area contributed by atoms with Crippen LogP contribution in [0.4, 0.5) is 0 Å². The van der Waals surface area contributed by atoms with Gasteiger partial charge in [-0.1, -0.05) is 153 Å². The Morgan fingerprint density at radius 2 is 0.957 bits per heavy atom. The predicted octanol–water partition coefficient (Wildman–Crippen LogP) is 11.2. The zero-order valence-corrected chi connectivity index (χ0v) is 26.3. The second-order valence-electron chi connectivity index (χ2n) is 12.8. The molecular weight excluding hydrogens is 571 g/mol. The van der Waals surface area contributed by atoms with Crippen LogP contribution in [-0.4, -0.2) is 15.0 Å². The van der Waals surface area contributed by atoms with Crippen molar-refractivity contribution in [3.05, 3.63) is 163 Å². The van der Waals surface area contributed by atoms with E-state index >= 15 is 0 Å². The maximum atomic E-state index is 5.03. The van der Waals surface area contributed by atoms with Crippen molar-refractivity contribution >= 4 is 21.5 Å². The maximum absolute atomic E-state index is 5.03. The van der Waals surface area contributed by atoms with E-state index in [1.807, 2.05) is 60.7 Å². The Hall–Kier alpha value is -5.93. The van der Waals surface area contributed by atoms with Crippen molar-refractivity contribution in [1.29, 1.82) is 0 Å². The number of nitrogens with zero attached hydrogens (tertiary/aromatic N) is 3. The highest BCUT2D eigenvalue weighted by Gasteiger charge is 2.36. The molecule has 0 saturated carbocycles. The summed E-state index contributed by atoms with van der Waals surface area (Å²) in [6.07, 6.45) is 0. The van der Waals surface area contributed by atoms with E-state index in [1.165, 1.54) is 49.5 Å². The van der Waals surface area contributed by atoms with Crippen molar-refractivity contribution in [3.8, 4) is 56.4 Å². The minimum atomic E-state index is -0.0133. The molecule has 0 atom stereocenters. The topological polar surface area (TPSA) is 38.7 Å². The third kappa shape index (κ3) is 4.39. The molecule has 3 nitrogen and oxygen atoms in total. The SMILES string of the molecule is CC1(C)c2ccccc2-c2c1ccc1cc(-c3ccc(-c4nc(-c5ccccc5)nc(-c5ccccc5)n4)c4ccccc34)ccc21. The van der Waals surface area contributed by atoms with Gasteiger partial charge in [-0.05, 0) is 67.1 Å². The molecule has 0 N–H and O–H groups in total. The lowest BCUT2D eigenvalue weighted by atomic mass is 9.82. The van der Waals surface area contributed by atoms with E-state index in [0.717, 1.165) is 22.1 Å². The molecule has 222 valence electrons.